The van der Waals surface area contributed by atoms with Crippen LogP contribution in [0.4, 0.5) is 0 Å². The van der Waals surface area contributed by atoms with Gasteiger partial charge < -0.3 is 14.2 Å². The summed E-state index contributed by atoms with van der Waals surface area (Å²) in [5.74, 6) is 2.49. The Labute approximate surface area is 143 Å². The second-order valence-electron chi connectivity index (χ2n) is 6.55. The van der Waals surface area contributed by atoms with E-state index < -0.39 is 0 Å². The summed E-state index contributed by atoms with van der Waals surface area (Å²) in [7, 11) is 0. The summed E-state index contributed by atoms with van der Waals surface area (Å²) in [5, 5.41) is 0. The Bertz CT molecular complexity index is 670. The van der Waals surface area contributed by atoms with E-state index in [0.717, 1.165) is 44.0 Å². The molecule has 1 aliphatic heterocycles. The fraction of sp³-hybridized carbons (Fsp3) is 0.474. The zero-order chi connectivity index (χ0) is 16.9. The molecule has 24 heavy (non-hydrogen) atoms. The minimum atomic E-state index is 0.0767. The van der Waals surface area contributed by atoms with Gasteiger partial charge >= 0.3 is 0 Å². The molecule has 0 radical (unpaired) electrons. The summed E-state index contributed by atoms with van der Waals surface area (Å²) < 4.78 is 7.80. The van der Waals surface area contributed by atoms with Gasteiger partial charge in [-0.1, -0.05) is 17.7 Å². The Morgan fingerprint density at radius 1 is 1.21 bits per heavy atom. The quantitative estimate of drug-likeness (QED) is 0.848. The van der Waals surface area contributed by atoms with Crippen LogP contribution in [0.2, 0.25) is 0 Å². The van der Waals surface area contributed by atoms with Crippen LogP contribution >= 0.6 is 0 Å². The van der Waals surface area contributed by atoms with E-state index in [1.807, 2.05) is 55.4 Å². The van der Waals surface area contributed by atoms with Crippen molar-refractivity contribution in [2.75, 3.05) is 19.7 Å². The van der Waals surface area contributed by atoms with E-state index in [-0.39, 0.29) is 12.5 Å². The topological polar surface area (TPSA) is 47.4 Å². The molecular weight excluding hydrogens is 302 g/mol. The summed E-state index contributed by atoms with van der Waals surface area (Å²) in [6.07, 6.45) is 5.94. The van der Waals surface area contributed by atoms with Gasteiger partial charge in [-0.2, -0.15) is 0 Å². The molecule has 5 nitrogen and oxygen atoms in total. The number of carbonyl (C=O) groups excluding carboxylic acids is 1. The van der Waals surface area contributed by atoms with E-state index in [1.165, 1.54) is 5.56 Å². The van der Waals surface area contributed by atoms with Crippen molar-refractivity contribution in [3.63, 3.8) is 0 Å². The van der Waals surface area contributed by atoms with Gasteiger partial charge in [0.15, 0.2) is 6.61 Å². The highest BCUT2D eigenvalue weighted by molar-refractivity contribution is 5.77. The minimum Gasteiger partial charge on any atom is -0.484 e. The fourth-order valence-electron chi connectivity index (χ4n) is 3.11. The average molecular weight is 327 g/mol. The van der Waals surface area contributed by atoms with Gasteiger partial charge in [0, 0.05) is 32.0 Å². The molecule has 2 heterocycles. The number of benzene rings is 1. The second-order valence-corrected chi connectivity index (χ2v) is 6.55. The van der Waals surface area contributed by atoms with Gasteiger partial charge in [0.1, 0.15) is 11.6 Å². The molecule has 5 heteroatoms. The minimum absolute atomic E-state index is 0.0767. The Balaban J connectivity index is 1.43. The van der Waals surface area contributed by atoms with Crippen LogP contribution in [0, 0.1) is 19.8 Å². The normalized spacial score (nSPS) is 15.5. The van der Waals surface area contributed by atoms with Crippen molar-refractivity contribution < 1.29 is 9.53 Å². The summed E-state index contributed by atoms with van der Waals surface area (Å²) in [6, 6.07) is 7.79. The number of rotatable bonds is 5. The number of imidazole rings is 1. The fourth-order valence-corrected chi connectivity index (χ4v) is 3.11. The molecule has 0 saturated carbocycles. The number of nitrogens with zero attached hydrogens (tertiary/aromatic N) is 3. The largest absolute Gasteiger partial charge is 0.484 e. The van der Waals surface area contributed by atoms with Crippen molar-refractivity contribution in [3.05, 3.63) is 48.0 Å². The van der Waals surface area contributed by atoms with E-state index in [2.05, 4.69) is 9.55 Å². The highest BCUT2D eigenvalue weighted by Gasteiger charge is 2.23. The Kier molecular flexibility index (Phi) is 5.18. The molecule has 0 unspecified atom stereocenters. The molecule has 1 aromatic heterocycles. The number of aryl methyl sites for hydroxylation is 2. The molecule has 0 N–H and O–H groups in total. The maximum Gasteiger partial charge on any atom is 0.260 e. The highest BCUT2D eigenvalue weighted by Crippen LogP contribution is 2.20. The lowest BCUT2D eigenvalue weighted by atomic mass is 9.96. The Hall–Kier alpha value is -2.30. The van der Waals surface area contributed by atoms with Crippen molar-refractivity contribution in [1.82, 2.24) is 14.5 Å². The molecule has 0 aliphatic carbocycles. The molecular formula is C19H25N3O2. The van der Waals surface area contributed by atoms with Crippen LogP contribution in [0.1, 0.15) is 24.2 Å². The average Bonchev–Trinajstić information content (AvgIpc) is 3.00. The Morgan fingerprint density at radius 3 is 2.54 bits per heavy atom. The van der Waals surface area contributed by atoms with E-state index in [4.69, 9.17) is 4.74 Å². The van der Waals surface area contributed by atoms with Crippen LogP contribution in [0.5, 0.6) is 5.75 Å². The van der Waals surface area contributed by atoms with E-state index in [0.29, 0.717) is 5.92 Å². The summed E-state index contributed by atoms with van der Waals surface area (Å²) >= 11 is 0. The molecule has 0 spiro atoms. The van der Waals surface area contributed by atoms with Crippen LogP contribution in [-0.2, 0) is 11.3 Å². The van der Waals surface area contributed by atoms with Crippen LogP contribution in [0.3, 0.4) is 0 Å². The number of likely N-dealkylation sites (tertiary alicyclic amines) is 1. The van der Waals surface area contributed by atoms with Gasteiger partial charge in [-0.3, -0.25) is 4.79 Å². The van der Waals surface area contributed by atoms with Crippen molar-refractivity contribution in [2.24, 2.45) is 5.92 Å². The molecule has 1 amide bonds. The first-order valence-corrected chi connectivity index (χ1v) is 8.57. The van der Waals surface area contributed by atoms with E-state index in [1.54, 1.807) is 0 Å². The smallest absolute Gasteiger partial charge is 0.260 e. The first-order chi connectivity index (χ1) is 11.6. The van der Waals surface area contributed by atoms with Gasteiger partial charge in [0.25, 0.3) is 5.91 Å². The third kappa shape index (κ3) is 4.16. The van der Waals surface area contributed by atoms with Gasteiger partial charge in [-0.25, -0.2) is 4.98 Å². The van der Waals surface area contributed by atoms with Gasteiger partial charge in [-0.15, -0.1) is 0 Å². The van der Waals surface area contributed by atoms with Crippen LogP contribution in [0.15, 0.2) is 36.7 Å². The van der Waals surface area contributed by atoms with Gasteiger partial charge in [0.05, 0.1) is 0 Å². The zero-order valence-electron chi connectivity index (χ0n) is 14.4. The SMILES string of the molecule is Cc1ccc(OCC(=O)N2CCC(Cn3ccnc3C)CC2)cc1. The van der Waals surface area contributed by atoms with E-state index >= 15 is 0 Å². The first-order valence-electron chi connectivity index (χ1n) is 8.57. The molecule has 3 rings (SSSR count). The maximum atomic E-state index is 12.3. The zero-order valence-corrected chi connectivity index (χ0v) is 14.4. The van der Waals surface area contributed by atoms with Crippen molar-refractivity contribution in [2.45, 2.75) is 33.2 Å². The molecule has 1 saturated heterocycles. The Morgan fingerprint density at radius 2 is 1.92 bits per heavy atom. The van der Waals surface area contributed by atoms with E-state index in [9.17, 15) is 4.79 Å². The molecule has 1 aliphatic rings. The van der Waals surface area contributed by atoms with Gasteiger partial charge in [-0.05, 0) is 44.7 Å². The predicted octanol–water partition coefficient (Wildman–Crippen LogP) is 2.82. The number of piperidine rings is 1. The first kappa shape index (κ1) is 16.6. The predicted molar refractivity (Wildman–Crippen MR) is 92.9 cm³/mol. The maximum absolute atomic E-state index is 12.3. The lowest BCUT2D eigenvalue weighted by molar-refractivity contribution is -0.134. The van der Waals surface area contributed by atoms with Crippen molar-refractivity contribution in [1.29, 1.82) is 0 Å². The summed E-state index contributed by atoms with van der Waals surface area (Å²) in [5.41, 5.74) is 1.18. The molecule has 1 fully saturated rings. The van der Waals surface area contributed by atoms with Gasteiger partial charge in [0.2, 0.25) is 0 Å². The molecule has 2 aromatic rings. The molecule has 1 aromatic carbocycles. The standard InChI is InChI=1S/C19H25N3O2/c1-15-3-5-18(6-4-15)24-14-19(23)21-10-7-17(8-11-21)13-22-12-9-20-16(22)2/h3-6,9,12,17H,7-8,10-11,13-14H2,1-2H3. The summed E-state index contributed by atoms with van der Waals surface area (Å²) in [4.78, 5) is 18.5. The third-order valence-corrected chi connectivity index (χ3v) is 4.73. The van der Waals surface area contributed by atoms with Crippen LogP contribution in [0.25, 0.3) is 0 Å². The third-order valence-electron chi connectivity index (χ3n) is 4.73. The number of hydrogen-bond acceptors (Lipinski definition) is 3. The lowest BCUT2D eigenvalue weighted by Gasteiger charge is -2.32. The lowest BCUT2D eigenvalue weighted by Crippen LogP contribution is -2.41. The monoisotopic (exact) mass is 327 g/mol. The number of amides is 1. The number of carbonyl (C=O) groups is 1. The number of aromatic nitrogens is 2. The summed E-state index contributed by atoms with van der Waals surface area (Å²) in [6.45, 7) is 6.80. The highest BCUT2D eigenvalue weighted by atomic mass is 16.5. The molecule has 0 bridgehead atoms. The molecule has 0 atom stereocenters. The van der Waals surface area contributed by atoms with Crippen molar-refractivity contribution >= 4 is 5.91 Å². The van der Waals surface area contributed by atoms with Crippen LogP contribution in [-0.4, -0.2) is 40.1 Å². The second kappa shape index (κ2) is 7.51. The number of ether oxygens (including phenoxy) is 1. The van der Waals surface area contributed by atoms with Crippen molar-refractivity contribution in [3.8, 4) is 5.75 Å². The molecule has 128 valence electrons. The van der Waals surface area contributed by atoms with Crippen LogP contribution < -0.4 is 4.74 Å². The number of hydrogen-bond donors (Lipinski definition) is 0.